The maximum Gasteiger partial charge on any atom is 0.373 e. The highest BCUT2D eigenvalue weighted by Crippen LogP contribution is 2.16. The van der Waals surface area contributed by atoms with Crippen LogP contribution in [0.15, 0.2) is 73.1 Å². The third-order valence-corrected chi connectivity index (χ3v) is 12.2. The summed E-state index contributed by atoms with van der Waals surface area (Å²) in [6.45, 7) is 20.5. The standard InChI is InChI=1S/C28H38O6Si2/c1-9-21(4)20-26(31-33-27(29)22-12-16-24(17-13-22)35(5,6)10-2)32-34-28(30)23-14-18-25(19-15-23)36(7,8)11-3/h10-19,21,26H,2-3,9,20H2,1,4-8H3. The fourth-order valence-electron chi connectivity index (χ4n) is 3.19. The monoisotopic (exact) mass is 526 g/mol. The Morgan fingerprint density at radius 1 is 0.778 bits per heavy atom. The Hall–Kier alpha value is -2.79. The first-order valence-electron chi connectivity index (χ1n) is 12.2. The van der Waals surface area contributed by atoms with Gasteiger partial charge in [0.25, 0.3) is 0 Å². The van der Waals surface area contributed by atoms with Gasteiger partial charge in [0.1, 0.15) is 16.1 Å². The van der Waals surface area contributed by atoms with E-state index in [1.165, 1.54) is 0 Å². The largest absolute Gasteiger partial charge is 0.373 e. The van der Waals surface area contributed by atoms with Crippen molar-refractivity contribution >= 4 is 38.5 Å². The molecule has 0 aliphatic carbocycles. The Kier molecular flexibility index (Phi) is 10.6. The van der Waals surface area contributed by atoms with Gasteiger partial charge in [0, 0.05) is 6.42 Å². The molecule has 6 nitrogen and oxygen atoms in total. The van der Waals surface area contributed by atoms with Crippen molar-refractivity contribution < 1.29 is 29.1 Å². The minimum atomic E-state index is -1.72. The minimum absolute atomic E-state index is 0.183. The molecule has 0 aliphatic rings. The van der Waals surface area contributed by atoms with Crippen molar-refractivity contribution in [3.05, 3.63) is 84.2 Å². The molecular formula is C28H38O6Si2. The van der Waals surface area contributed by atoms with Crippen LogP contribution in [0.1, 0.15) is 47.4 Å². The van der Waals surface area contributed by atoms with Gasteiger partial charge in [-0.05, 0) is 30.2 Å². The van der Waals surface area contributed by atoms with Crippen LogP contribution in [-0.4, -0.2) is 34.4 Å². The zero-order valence-corrected chi connectivity index (χ0v) is 24.2. The van der Waals surface area contributed by atoms with Crippen molar-refractivity contribution in [2.45, 2.75) is 59.2 Å². The molecule has 1 unspecified atom stereocenters. The summed E-state index contributed by atoms with van der Waals surface area (Å²) in [5.41, 5.74) is 4.66. The Morgan fingerprint density at radius 2 is 1.14 bits per heavy atom. The number of benzene rings is 2. The Bertz CT molecular complexity index is 965. The second kappa shape index (κ2) is 13.0. The Labute approximate surface area is 216 Å². The van der Waals surface area contributed by atoms with Gasteiger partial charge in [-0.15, -0.1) is 22.9 Å². The van der Waals surface area contributed by atoms with Crippen LogP contribution >= 0.6 is 0 Å². The van der Waals surface area contributed by atoms with Crippen LogP contribution < -0.4 is 10.4 Å². The van der Waals surface area contributed by atoms with Crippen LogP contribution in [0.25, 0.3) is 0 Å². The molecule has 2 aromatic rings. The number of carbonyl (C=O) groups excluding carboxylic acids is 2. The van der Waals surface area contributed by atoms with E-state index in [-0.39, 0.29) is 5.92 Å². The van der Waals surface area contributed by atoms with E-state index >= 15 is 0 Å². The van der Waals surface area contributed by atoms with Crippen LogP contribution in [0, 0.1) is 5.92 Å². The molecule has 0 spiro atoms. The Morgan fingerprint density at radius 3 is 1.44 bits per heavy atom. The summed E-state index contributed by atoms with van der Waals surface area (Å²) in [6.07, 6.45) is 0.151. The summed E-state index contributed by atoms with van der Waals surface area (Å²) in [5, 5.41) is 2.31. The molecule has 8 heteroatoms. The molecule has 0 bridgehead atoms. The van der Waals surface area contributed by atoms with Crippen LogP contribution in [0.4, 0.5) is 0 Å². The van der Waals surface area contributed by atoms with Crippen LogP contribution in [-0.2, 0) is 19.6 Å². The molecule has 2 aromatic carbocycles. The molecule has 36 heavy (non-hydrogen) atoms. The smallest absolute Gasteiger partial charge is 0.290 e. The van der Waals surface area contributed by atoms with Crippen molar-refractivity contribution in [1.29, 1.82) is 0 Å². The second-order valence-electron chi connectivity index (χ2n) is 10.1. The van der Waals surface area contributed by atoms with E-state index in [2.05, 4.69) is 39.3 Å². The lowest BCUT2D eigenvalue weighted by molar-refractivity contribution is -0.423. The minimum Gasteiger partial charge on any atom is -0.290 e. The first-order chi connectivity index (χ1) is 16.9. The fourth-order valence-corrected chi connectivity index (χ4v) is 5.71. The molecule has 0 aromatic heterocycles. The SMILES string of the molecule is C=C[Si](C)(C)c1ccc(C(=O)OOC(CC(C)CC)OOC(=O)c2ccc([Si](C)(C)C=C)cc2)cc1. The molecule has 0 radical (unpaired) electrons. The molecule has 0 aliphatic heterocycles. The van der Waals surface area contributed by atoms with Crippen LogP contribution in [0.2, 0.25) is 26.2 Å². The number of hydrogen-bond acceptors (Lipinski definition) is 6. The highest BCUT2D eigenvalue weighted by atomic mass is 28.3. The van der Waals surface area contributed by atoms with Gasteiger partial charge in [0.05, 0.1) is 11.1 Å². The summed E-state index contributed by atoms with van der Waals surface area (Å²) in [6, 6.07) is 14.4. The Balaban J connectivity index is 2.00. The molecular weight excluding hydrogens is 488 g/mol. The molecule has 0 saturated heterocycles. The quantitative estimate of drug-likeness (QED) is 0.146. The van der Waals surface area contributed by atoms with E-state index in [0.717, 1.165) is 16.8 Å². The summed E-state index contributed by atoms with van der Waals surface area (Å²) < 4.78 is 0. The predicted molar refractivity (Wildman–Crippen MR) is 148 cm³/mol. The summed E-state index contributed by atoms with van der Waals surface area (Å²) in [4.78, 5) is 45.6. The zero-order chi connectivity index (χ0) is 26.9. The summed E-state index contributed by atoms with van der Waals surface area (Å²) in [7, 11) is -3.45. The first kappa shape index (κ1) is 29.4. The van der Waals surface area contributed by atoms with E-state index < -0.39 is 34.4 Å². The topological polar surface area (TPSA) is 71.1 Å². The summed E-state index contributed by atoms with van der Waals surface area (Å²) >= 11 is 0. The lowest BCUT2D eigenvalue weighted by Crippen LogP contribution is -2.39. The van der Waals surface area contributed by atoms with Crippen LogP contribution in [0.5, 0.6) is 0 Å². The number of carbonyl (C=O) groups is 2. The van der Waals surface area contributed by atoms with E-state index in [9.17, 15) is 9.59 Å². The van der Waals surface area contributed by atoms with E-state index in [0.29, 0.717) is 17.5 Å². The fraction of sp³-hybridized carbons (Fsp3) is 0.357. The number of rotatable bonds is 13. The van der Waals surface area contributed by atoms with E-state index in [1.54, 1.807) is 24.3 Å². The van der Waals surface area contributed by atoms with Gasteiger partial charge in [0.2, 0.25) is 6.29 Å². The van der Waals surface area contributed by atoms with Crippen molar-refractivity contribution in [3.8, 4) is 0 Å². The van der Waals surface area contributed by atoms with E-state index in [4.69, 9.17) is 19.6 Å². The van der Waals surface area contributed by atoms with Gasteiger partial charge in [0.15, 0.2) is 0 Å². The normalized spacial score (nSPS) is 12.6. The second-order valence-corrected chi connectivity index (χ2v) is 19.0. The van der Waals surface area contributed by atoms with Gasteiger partial charge >= 0.3 is 11.9 Å². The first-order valence-corrected chi connectivity index (χ1v) is 18.3. The molecule has 0 saturated carbocycles. The zero-order valence-electron chi connectivity index (χ0n) is 22.2. The molecule has 0 N–H and O–H groups in total. The molecule has 0 heterocycles. The average molecular weight is 527 g/mol. The molecule has 194 valence electrons. The number of hydrogen-bond donors (Lipinski definition) is 0. The van der Waals surface area contributed by atoms with Gasteiger partial charge < -0.3 is 0 Å². The van der Waals surface area contributed by atoms with Gasteiger partial charge in [-0.25, -0.2) is 9.59 Å². The van der Waals surface area contributed by atoms with Crippen molar-refractivity contribution in [2.75, 3.05) is 0 Å². The van der Waals surface area contributed by atoms with Gasteiger partial charge in [-0.2, -0.15) is 0 Å². The lowest BCUT2D eigenvalue weighted by Gasteiger charge is -2.19. The van der Waals surface area contributed by atoms with Gasteiger partial charge in [-0.3, -0.25) is 9.78 Å². The predicted octanol–water partition coefficient (Wildman–Crippen LogP) is 5.61. The maximum atomic E-state index is 12.5. The van der Waals surface area contributed by atoms with E-state index in [1.807, 2.05) is 49.5 Å². The highest BCUT2D eigenvalue weighted by molar-refractivity contribution is 6.94. The molecule has 1 atom stereocenters. The maximum absolute atomic E-state index is 12.5. The summed E-state index contributed by atoms with van der Waals surface area (Å²) in [5.74, 6) is -1.13. The molecule has 0 fully saturated rings. The third kappa shape index (κ3) is 8.13. The molecule has 0 amide bonds. The lowest BCUT2D eigenvalue weighted by atomic mass is 10.1. The van der Waals surface area contributed by atoms with Crippen molar-refractivity contribution in [1.82, 2.24) is 0 Å². The van der Waals surface area contributed by atoms with Gasteiger partial charge in [-0.1, -0.05) is 92.5 Å². The molecule has 2 rings (SSSR count). The average Bonchev–Trinajstić information content (AvgIpc) is 2.89. The highest BCUT2D eigenvalue weighted by Gasteiger charge is 2.24. The third-order valence-electron chi connectivity index (χ3n) is 6.50. The van der Waals surface area contributed by atoms with Crippen molar-refractivity contribution in [2.24, 2.45) is 5.92 Å². The van der Waals surface area contributed by atoms with Crippen molar-refractivity contribution in [3.63, 3.8) is 0 Å². The van der Waals surface area contributed by atoms with Crippen LogP contribution in [0.3, 0.4) is 0 Å².